The molecule has 2 nitrogen and oxygen atoms in total. The number of piperazine rings is 1. The van der Waals surface area contributed by atoms with Crippen molar-refractivity contribution in [1.82, 2.24) is 10.2 Å². The van der Waals surface area contributed by atoms with E-state index in [1.54, 1.807) is 0 Å². The molecule has 1 heterocycles. The van der Waals surface area contributed by atoms with Crippen molar-refractivity contribution in [3.05, 3.63) is 59.1 Å². The molecule has 24 heavy (non-hydrogen) atoms. The van der Waals surface area contributed by atoms with Gasteiger partial charge in [-0.05, 0) is 54.7 Å². The lowest BCUT2D eigenvalue weighted by atomic mass is 10.00. The number of nitrogens with one attached hydrogen (secondary N) is 1. The van der Waals surface area contributed by atoms with Gasteiger partial charge in [-0.15, -0.1) is 0 Å². The Morgan fingerprint density at radius 1 is 1.00 bits per heavy atom. The third-order valence-electron chi connectivity index (χ3n) is 4.89. The first-order chi connectivity index (χ1) is 11.8. The predicted octanol–water partition coefficient (Wildman–Crippen LogP) is 4.85. The van der Waals surface area contributed by atoms with E-state index in [1.807, 2.05) is 23.9 Å². The molecule has 1 N–H and O–H groups in total. The van der Waals surface area contributed by atoms with Gasteiger partial charge >= 0.3 is 0 Å². The summed E-state index contributed by atoms with van der Waals surface area (Å²) >= 11 is 7.89. The fourth-order valence-electron chi connectivity index (χ4n) is 3.57. The number of halogens is 1. The van der Waals surface area contributed by atoms with Gasteiger partial charge in [0.05, 0.1) is 0 Å². The lowest BCUT2D eigenvalue weighted by Crippen LogP contribution is -2.45. The van der Waals surface area contributed by atoms with E-state index < -0.39 is 0 Å². The first-order valence-electron chi connectivity index (χ1n) is 8.78. The van der Waals surface area contributed by atoms with Gasteiger partial charge in [-0.3, -0.25) is 4.90 Å². The first-order valence-corrected chi connectivity index (χ1v) is 9.98. The van der Waals surface area contributed by atoms with Crippen LogP contribution < -0.4 is 5.32 Å². The molecular formula is C20H23ClN2S. The Kier molecular flexibility index (Phi) is 5.14. The standard InChI is InChI=1S/C20H23ClN2S/c21-16-7-9-17(10-8-16)24-19-4-2-1-3-18(19)20(15-5-6-15)23-13-11-22-12-14-23/h1-4,7-10,15,20,22H,5-6,11-14H2/t20-/m1/s1. The summed E-state index contributed by atoms with van der Waals surface area (Å²) in [6.45, 7) is 4.52. The zero-order valence-electron chi connectivity index (χ0n) is 13.7. The highest BCUT2D eigenvalue weighted by Gasteiger charge is 2.37. The zero-order valence-corrected chi connectivity index (χ0v) is 15.3. The van der Waals surface area contributed by atoms with Crippen molar-refractivity contribution in [2.45, 2.75) is 28.7 Å². The molecular weight excluding hydrogens is 336 g/mol. The first kappa shape index (κ1) is 16.5. The number of rotatable bonds is 5. The number of nitrogens with zero attached hydrogens (tertiary/aromatic N) is 1. The molecule has 4 heteroatoms. The molecule has 1 atom stereocenters. The number of benzene rings is 2. The molecule has 0 aromatic heterocycles. The molecule has 0 radical (unpaired) electrons. The minimum atomic E-state index is 0.572. The van der Waals surface area contributed by atoms with Crippen LogP contribution in [-0.4, -0.2) is 31.1 Å². The van der Waals surface area contributed by atoms with E-state index in [-0.39, 0.29) is 0 Å². The Bertz CT molecular complexity index is 678. The van der Waals surface area contributed by atoms with Crippen LogP contribution in [0.1, 0.15) is 24.4 Å². The molecule has 0 bridgehead atoms. The maximum atomic E-state index is 6.03. The number of hydrogen-bond donors (Lipinski definition) is 1. The van der Waals surface area contributed by atoms with Gasteiger partial charge in [0.2, 0.25) is 0 Å². The molecule has 1 aliphatic heterocycles. The van der Waals surface area contributed by atoms with Gasteiger partial charge in [0.1, 0.15) is 0 Å². The Hall–Kier alpha value is -1.00. The lowest BCUT2D eigenvalue weighted by Gasteiger charge is -2.36. The van der Waals surface area contributed by atoms with Crippen molar-refractivity contribution in [3.63, 3.8) is 0 Å². The van der Waals surface area contributed by atoms with E-state index in [0.29, 0.717) is 6.04 Å². The molecule has 0 amide bonds. The SMILES string of the molecule is Clc1ccc(Sc2ccccc2[C@@H](C2CC2)N2CCNCC2)cc1. The molecule has 1 saturated carbocycles. The Morgan fingerprint density at radius 3 is 2.42 bits per heavy atom. The van der Waals surface area contributed by atoms with Crippen LogP contribution in [-0.2, 0) is 0 Å². The summed E-state index contributed by atoms with van der Waals surface area (Å²) in [7, 11) is 0. The Balaban J connectivity index is 1.62. The Labute approximate surface area is 153 Å². The van der Waals surface area contributed by atoms with E-state index in [4.69, 9.17) is 11.6 Å². The molecule has 1 aliphatic carbocycles. The molecule has 0 unspecified atom stereocenters. The van der Waals surface area contributed by atoms with E-state index >= 15 is 0 Å². The Morgan fingerprint density at radius 2 is 1.71 bits per heavy atom. The van der Waals surface area contributed by atoms with Crippen molar-refractivity contribution >= 4 is 23.4 Å². The minimum Gasteiger partial charge on any atom is -0.314 e. The van der Waals surface area contributed by atoms with Crippen LogP contribution in [0.5, 0.6) is 0 Å². The average molecular weight is 359 g/mol. The summed E-state index contributed by atoms with van der Waals surface area (Å²) in [5.41, 5.74) is 1.50. The monoisotopic (exact) mass is 358 g/mol. The van der Waals surface area contributed by atoms with Crippen molar-refractivity contribution in [1.29, 1.82) is 0 Å². The minimum absolute atomic E-state index is 0.572. The highest BCUT2D eigenvalue weighted by molar-refractivity contribution is 7.99. The fourth-order valence-corrected chi connectivity index (χ4v) is 4.67. The number of hydrogen-bond acceptors (Lipinski definition) is 3. The van der Waals surface area contributed by atoms with Gasteiger partial charge in [-0.2, -0.15) is 0 Å². The second kappa shape index (κ2) is 7.49. The van der Waals surface area contributed by atoms with Gasteiger partial charge in [0.25, 0.3) is 0 Å². The van der Waals surface area contributed by atoms with Crippen molar-refractivity contribution in [3.8, 4) is 0 Å². The quantitative estimate of drug-likeness (QED) is 0.822. The lowest BCUT2D eigenvalue weighted by molar-refractivity contribution is 0.154. The van der Waals surface area contributed by atoms with Gasteiger partial charge in [0.15, 0.2) is 0 Å². The molecule has 2 aromatic rings. The molecule has 2 fully saturated rings. The van der Waals surface area contributed by atoms with Crippen LogP contribution in [0.25, 0.3) is 0 Å². The topological polar surface area (TPSA) is 15.3 Å². The summed E-state index contributed by atoms with van der Waals surface area (Å²) in [5, 5.41) is 4.28. The van der Waals surface area contributed by atoms with Gasteiger partial charge in [-0.1, -0.05) is 41.6 Å². The van der Waals surface area contributed by atoms with E-state index in [9.17, 15) is 0 Å². The summed E-state index contributed by atoms with van der Waals surface area (Å²) in [6.07, 6.45) is 2.74. The summed E-state index contributed by atoms with van der Waals surface area (Å²) in [5.74, 6) is 0.829. The van der Waals surface area contributed by atoms with Crippen molar-refractivity contribution in [2.24, 2.45) is 5.92 Å². The maximum Gasteiger partial charge on any atom is 0.0406 e. The average Bonchev–Trinajstić information content (AvgIpc) is 3.45. The van der Waals surface area contributed by atoms with Crippen LogP contribution in [0.15, 0.2) is 58.3 Å². The summed E-state index contributed by atoms with van der Waals surface area (Å²) in [4.78, 5) is 5.33. The van der Waals surface area contributed by atoms with Crippen LogP contribution in [0.2, 0.25) is 5.02 Å². The second-order valence-electron chi connectivity index (χ2n) is 6.66. The maximum absolute atomic E-state index is 6.03. The zero-order chi connectivity index (χ0) is 16.4. The molecule has 0 spiro atoms. The summed E-state index contributed by atoms with van der Waals surface area (Å²) < 4.78 is 0. The van der Waals surface area contributed by atoms with Gasteiger partial charge in [0, 0.05) is 47.0 Å². The smallest absolute Gasteiger partial charge is 0.0406 e. The van der Waals surface area contributed by atoms with E-state index in [0.717, 1.165) is 37.1 Å². The van der Waals surface area contributed by atoms with Crippen LogP contribution >= 0.6 is 23.4 Å². The normalized spacial score (nSPS) is 20.0. The van der Waals surface area contributed by atoms with E-state index in [1.165, 1.54) is 28.2 Å². The highest BCUT2D eigenvalue weighted by atomic mass is 35.5. The predicted molar refractivity (Wildman–Crippen MR) is 102 cm³/mol. The fraction of sp³-hybridized carbons (Fsp3) is 0.400. The van der Waals surface area contributed by atoms with Gasteiger partial charge in [-0.25, -0.2) is 0 Å². The van der Waals surface area contributed by atoms with Gasteiger partial charge < -0.3 is 5.32 Å². The molecule has 4 rings (SSSR count). The third kappa shape index (κ3) is 3.80. The molecule has 126 valence electrons. The largest absolute Gasteiger partial charge is 0.314 e. The van der Waals surface area contributed by atoms with Crippen LogP contribution in [0, 0.1) is 5.92 Å². The molecule has 2 aromatic carbocycles. The van der Waals surface area contributed by atoms with Crippen LogP contribution in [0.3, 0.4) is 0 Å². The van der Waals surface area contributed by atoms with Crippen molar-refractivity contribution in [2.75, 3.05) is 26.2 Å². The molecule has 2 aliphatic rings. The molecule has 1 saturated heterocycles. The van der Waals surface area contributed by atoms with Crippen LogP contribution in [0.4, 0.5) is 0 Å². The van der Waals surface area contributed by atoms with Crippen molar-refractivity contribution < 1.29 is 0 Å². The second-order valence-corrected chi connectivity index (χ2v) is 8.21. The third-order valence-corrected chi connectivity index (χ3v) is 6.24. The summed E-state index contributed by atoms with van der Waals surface area (Å²) in [6, 6.07) is 17.7. The van der Waals surface area contributed by atoms with E-state index in [2.05, 4.69) is 46.6 Å². The highest BCUT2D eigenvalue weighted by Crippen LogP contribution is 2.47.